The van der Waals surface area contributed by atoms with Gasteiger partial charge in [-0.15, -0.1) is 0 Å². The van der Waals surface area contributed by atoms with E-state index in [1.165, 1.54) is 32.1 Å². The molecule has 1 aromatic heterocycles. The van der Waals surface area contributed by atoms with Gasteiger partial charge in [0.25, 0.3) is 0 Å². The third-order valence-corrected chi connectivity index (χ3v) is 5.74. The van der Waals surface area contributed by atoms with Gasteiger partial charge in [-0.25, -0.2) is 4.98 Å². The van der Waals surface area contributed by atoms with E-state index in [9.17, 15) is 4.79 Å². The maximum Gasteiger partial charge on any atom is 0.229 e. The summed E-state index contributed by atoms with van der Waals surface area (Å²) in [5.74, 6) is 3.93. The Bertz CT molecular complexity index is 517. The standard InChI is InChI=1S/C16H19ClN2O/c17-13-1-2-18-14(8-13)19-16(20)15-11-4-9-3-10(6-11)7-12(15)5-9/h1-2,8-12,15H,3-7H2,(H,18,19,20). The molecule has 1 N–H and O–H groups in total. The summed E-state index contributed by atoms with van der Waals surface area (Å²) in [4.78, 5) is 16.8. The third-order valence-electron chi connectivity index (χ3n) is 5.50. The van der Waals surface area contributed by atoms with E-state index in [2.05, 4.69) is 10.3 Å². The maximum atomic E-state index is 12.6. The Kier molecular flexibility index (Phi) is 2.99. The van der Waals surface area contributed by atoms with Crippen molar-refractivity contribution in [1.29, 1.82) is 0 Å². The predicted molar refractivity (Wildman–Crippen MR) is 78.4 cm³/mol. The van der Waals surface area contributed by atoms with Crippen molar-refractivity contribution in [3.05, 3.63) is 23.4 Å². The number of pyridine rings is 1. The minimum Gasteiger partial charge on any atom is -0.310 e. The molecule has 4 bridgehead atoms. The maximum absolute atomic E-state index is 12.6. The van der Waals surface area contributed by atoms with Crippen molar-refractivity contribution >= 4 is 23.3 Å². The van der Waals surface area contributed by atoms with Gasteiger partial charge in [-0.05, 0) is 67.9 Å². The van der Waals surface area contributed by atoms with E-state index in [0.717, 1.165) is 11.8 Å². The zero-order valence-corrected chi connectivity index (χ0v) is 12.1. The van der Waals surface area contributed by atoms with Crippen LogP contribution in [0.4, 0.5) is 5.82 Å². The zero-order chi connectivity index (χ0) is 13.7. The molecule has 5 rings (SSSR count). The van der Waals surface area contributed by atoms with Crippen molar-refractivity contribution in [2.45, 2.75) is 32.1 Å². The molecule has 3 nitrogen and oxygen atoms in total. The van der Waals surface area contributed by atoms with Gasteiger partial charge in [0.05, 0.1) is 0 Å². The average Bonchev–Trinajstić information content (AvgIpc) is 2.37. The number of halogens is 1. The molecule has 0 saturated heterocycles. The molecule has 4 saturated carbocycles. The first-order valence-corrected chi connectivity index (χ1v) is 7.99. The molecule has 0 radical (unpaired) electrons. The van der Waals surface area contributed by atoms with Crippen molar-refractivity contribution in [2.75, 3.05) is 5.32 Å². The van der Waals surface area contributed by atoms with E-state index in [0.29, 0.717) is 22.7 Å². The summed E-state index contributed by atoms with van der Waals surface area (Å²) in [5, 5.41) is 3.59. The SMILES string of the molecule is O=C(Nc1cc(Cl)ccn1)C1C2CC3CC(C2)CC1C3. The molecular weight excluding hydrogens is 272 g/mol. The van der Waals surface area contributed by atoms with E-state index >= 15 is 0 Å². The minimum atomic E-state index is 0.161. The summed E-state index contributed by atoms with van der Waals surface area (Å²) in [6.45, 7) is 0. The Hall–Kier alpha value is -1.09. The van der Waals surface area contributed by atoms with Gasteiger partial charge in [0, 0.05) is 17.1 Å². The van der Waals surface area contributed by atoms with Crippen molar-refractivity contribution in [3.8, 4) is 0 Å². The molecule has 0 aliphatic heterocycles. The van der Waals surface area contributed by atoms with Crippen molar-refractivity contribution in [1.82, 2.24) is 4.98 Å². The second-order valence-electron chi connectivity index (χ2n) is 6.81. The topological polar surface area (TPSA) is 42.0 Å². The number of rotatable bonds is 2. The van der Waals surface area contributed by atoms with Crippen LogP contribution < -0.4 is 5.32 Å². The highest BCUT2D eigenvalue weighted by molar-refractivity contribution is 6.30. The first kappa shape index (κ1) is 12.6. The summed E-state index contributed by atoms with van der Waals surface area (Å²) >= 11 is 5.94. The number of anilines is 1. The van der Waals surface area contributed by atoms with Gasteiger partial charge < -0.3 is 5.32 Å². The molecule has 4 heteroatoms. The molecule has 1 heterocycles. The summed E-state index contributed by atoms with van der Waals surface area (Å²) in [6, 6.07) is 3.44. The summed E-state index contributed by atoms with van der Waals surface area (Å²) in [5.41, 5.74) is 0. The molecule has 0 unspecified atom stereocenters. The van der Waals surface area contributed by atoms with Gasteiger partial charge in [-0.3, -0.25) is 4.79 Å². The van der Waals surface area contributed by atoms with E-state index in [4.69, 9.17) is 11.6 Å². The van der Waals surface area contributed by atoms with Gasteiger partial charge in [0.1, 0.15) is 5.82 Å². The molecular formula is C16H19ClN2O. The number of aromatic nitrogens is 1. The van der Waals surface area contributed by atoms with Gasteiger partial charge >= 0.3 is 0 Å². The summed E-state index contributed by atoms with van der Waals surface area (Å²) in [6.07, 6.45) is 8.08. The normalized spacial score (nSPS) is 38.0. The number of hydrogen-bond donors (Lipinski definition) is 1. The first-order valence-electron chi connectivity index (χ1n) is 7.61. The minimum absolute atomic E-state index is 0.161. The van der Waals surface area contributed by atoms with Crippen LogP contribution in [0.15, 0.2) is 18.3 Å². The molecule has 1 aromatic rings. The Morgan fingerprint density at radius 2 is 1.80 bits per heavy atom. The molecule has 1 amide bonds. The third kappa shape index (κ3) is 2.12. The van der Waals surface area contributed by atoms with Crippen LogP contribution in [0, 0.1) is 29.6 Å². The zero-order valence-electron chi connectivity index (χ0n) is 11.4. The van der Waals surface area contributed by atoms with Crippen LogP contribution in [0.2, 0.25) is 5.02 Å². The lowest BCUT2D eigenvalue weighted by molar-refractivity contribution is -0.132. The first-order chi connectivity index (χ1) is 9.69. The Morgan fingerprint density at radius 3 is 2.40 bits per heavy atom. The van der Waals surface area contributed by atoms with E-state index in [1.807, 2.05) is 0 Å². The van der Waals surface area contributed by atoms with Crippen LogP contribution >= 0.6 is 11.6 Å². The molecule has 0 spiro atoms. The van der Waals surface area contributed by atoms with E-state index in [1.54, 1.807) is 18.3 Å². The Labute approximate surface area is 124 Å². The number of nitrogens with one attached hydrogen (secondary N) is 1. The molecule has 106 valence electrons. The molecule has 20 heavy (non-hydrogen) atoms. The van der Waals surface area contributed by atoms with Gasteiger partial charge in [0.2, 0.25) is 5.91 Å². The van der Waals surface area contributed by atoms with Gasteiger partial charge in [-0.1, -0.05) is 11.6 Å². The molecule has 0 atom stereocenters. The molecule has 0 aromatic carbocycles. The van der Waals surface area contributed by atoms with Crippen molar-refractivity contribution in [2.24, 2.45) is 29.6 Å². The van der Waals surface area contributed by atoms with E-state index in [-0.39, 0.29) is 11.8 Å². The van der Waals surface area contributed by atoms with Crippen LogP contribution in [0.3, 0.4) is 0 Å². The smallest absolute Gasteiger partial charge is 0.229 e. The van der Waals surface area contributed by atoms with Gasteiger partial charge in [-0.2, -0.15) is 0 Å². The average molecular weight is 291 g/mol. The number of carbonyl (C=O) groups excluding carboxylic acids is 1. The Morgan fingerprint density at radius 1 is 1.15 bits per heavy atom. The number of amides is 1. The monoisotopic (exact) mass is 290 g/mol. The Balaban J connectivity index is 1.51. The quantitative estimate of drug-likeness (QED) is 0.901. The van der Waals surface area contributed by atoms with Crippen LogP contribution in [-0.2, 0) is 4.79 Å². The van der Waals surface area contributed by atoms with Crippen LogP contribution in [-0.4, -0.2) is 10.9 Å². The number of carbonyl (C=O) groups is 1. The highest BCUT2D eigenvalue weighted by Crippen LogP contribution is 2.56. The number of hydrogen-bond acceptors (Lipinski definition) is 2. The van der Waals surface area contributed by atoms with Gasteiger partial charge in [0.15, 0.2) is 0 Å². The largest absolute Gasteiger partial charge is 0.310 e. The van der Waals surface area contributed by atoms with Crippen molar-refractivity contribution < 1.29 is 4.79 Å². The predicted octanol–water partition coefficient (Wildman–Crippen LogP) is 3.75. The molecule has 4 aliphatic rings. The fourth-order valence-corrected chi connectivity index (χ4v) is 5.20. The molecule has 4 aliphatic carbocycles. The lowest BCUT2D eigenvalue weighted by Crippen LogP contribution is -2.49. The van der Waals surface area contributed by atoms with Crippen LogP contribution in [0.1, 0.15) is 32.1 Å². The van der Waals surface area contributed by atoms with Crippen molar-refractivity contribution in [3.63, 3.8) is 0 Å². The van der Waals surface area contributed by atoms with Crippen LogP contribution in [0.5, 0.6) is 0 Å². The lowest BCUT2D eigenvalue weighted by atomic mass is 9.51. The molecule has 4 fully saturated rings. The fourth-order valence-electron chi connectivity index (χ4n) is 5.04. The summed E-state index contributed by atoms with van der Waals surface area (Å²) < 4.78 is 0. The highest BCUT2D eigenvalue weighted by Gasteiger charge is 2.50. The van der Waals surface area contributed by atoms with E-state index < -0.39 is 0 Å². The summed E-state index contributed by atoms with van der Waals surface area (Å²) in [7, 11) is 0. The lowest BCUT2D eigenvalue weighted by Gasteiger charge is -2.53. The second-order valence-corrected chi connectivity index (χ2v) is 7.24. The van der Waals surface area contributed by atoms with Crippen LogP contribution in [0.25, 0.3) is 0 Å². The second kappa shape index (κ2) is 4.73. The number of nitrogens with zero attached hydrogens (tertiary/aromatic N) is 1. The highest BCUT2D eigenvalue weighted by atomic mass is 35.5. The fraction of sp³-hybridized carbons (Fsp3) is 0.625.